The van der Waals surface area contributed by atoms with Crippen LogP contribution in [0.25, 0.3) is 0 Å². The summed E-state index contributed by atoms with van der Waals surface area (Å²) in [4.78, 5) is 7.28. The Morgan fingerprint density at radius 2 is 2.24 bits per heavy atom. The Morgan fingerprint density at radius 3 is 2.88 bits per heavy atom. The van der Waals surface area contributed by atoms with Crippen LogP contribution in [0.2, 0.25) is 0 Å². The number of aromatic nitrogens is 4. The van der Waals surface area contributed by atoms with E-state index in [-0.39, 0.29) is 0 Å². The summed E-state index contributed by atoms with van der Waals surface area (Å²) in [5.41, 5.74) is 2.11. The lowest BCUT2D eigenvalue weighted by Gasteiger charge is -1.99. The van der Waals surface area contributed by atoms with Crippen LogP contribution in [0.5, 0.6) is 0 Å². The standard InChI is InChI=1S/C11H17N5S/c1-7(2)4-10-15-16-11(17-10)12-5-9-8(3)13-6-14-9/h6-7H,4-5H2,1-3H3,(H,12,16)(H,13,14). The molecule has 5 nitrogen and oxygen atoms in total. The van der Waals surface area contributed by atoms with E-state index >= 15 is 0 Å². The van der Waals surface area contributed by atoms with Crippen molar-refractivity contribution in [2.75, 3.05) is 5.32 Å². The summed E-state index contributed by atoms with van der Waals surface area (Å²) < 4.78 is 0. The van der Waals surface area contributed by atoms with Crippen LogP contribution in [-0.2, 0) is 13.0 Å². The van der Waals surface area contributed by atoms with Gasteiger partial charge in [-0.1, -0.05) is 25.2 Å². The van der Waals surface area contributed by atoms with Crippen LogP contribution in [0.4, 0.5) is 5.13 Å². The molecule has 2 aromatic heterocycles. The molecule has 0 bridgehead atoms. The number of imidazole rings is 1. The van der Waals surface area contributed by atoms with E-state index in [4.69, 9.17) is 0 Å². The summed E-state index contributed by atoms with van der Waals surface area (Å²) in [6.07, 6.45) is 2.69. The Hall–Kier alpha value is -1.43. The second kappa shape index (κ2) is 5.27. The molecule has 0 aromatic carbocycles. The molecule has 2 aromatic rings. The molecule has 92 valence electrons. The molecule has 0 unspecified atom stereocenters. The van der Waals surface area contributed by atoms with E-state index in [0.717, 1.165) is 27.9 Å². The molecule has 0 saturated heterocycles. The van der Waals surface area contributed by atoms with E-state index in [9.17, 15) is 0 Å². The maximum Gasteiger partial charge on any atom is 0.205 e. The quantitative estimate of drug-likeness (QED) is 0.856. The third-order valence-electron chi connectivity index (χ3n) is 2.39. The highest BCUT2D eigenvalue weighted by Gasteiger charge is 2.07. The summed E-state index contributed by atoms with van der Waals surface area (Å²) in [6, 6.07) is 0. The minimum atomic E-state index is 0.615. The van der Waals surface area contributed by atoms with E-state index in [2.05, 4.69) is 39.3 Å². The molecule has 0 amide bonds. The first-order chi connectivity index (χ1) is 8.15. The Balaban J connectivity index is 1.91. The molecular formula is C11H17N5S. The summed E-state index contributed by atoms with van der Waals surface area (Å²) >= 11 is 1.62. The van der Waals surface area contributed by atoms with Crippen molar-refractivity contribution < 1.29 is 0 Å². The van der Waals surface area contributed by atoms with E-state index in [1.807, 2.05) is 6.92 Å². The SMILES string of the molecule is Cc1[nH]cnc1CNc1nnc(CC(C)C)s1. The third kappa shape index (κ3) is 3.26. The van der Waals surface area contributed by atoms with Crippen molar-refractivity contribution in [2.24, 2.45) is 5.92 Å². The van der Waals surface area contributed by atoms with Gasteiger partial charge in [-0.05, 0) is 12.8 Å². The van der Waals surface area contributed by atoms with E-state index in [1.165, 1.54) is 0 Å². The number of aromatic amines is 1. The van der Waals surface area contributed by atoms with Gasteiger partial charge in [0, 0.05) is 12.1 Å². The summed E-state index contributed by atoms with van der Waals surface area (Å²) in [7, 11) is 0. The van der Waals surface area contributed by atoms with Crippen LogP contribution in [0.1, 0.15) is 30.2 Å². The highest BCUT2D eigenvalue weighted by atomic mass is 32.1. The number of nitrogens with zero attached hydrogens (tertiary/aromatic N) is 3. The Bertz CT molecular complexity index is 474. The molecule has 0 aliphatic heterocycles. The monoisotopic (exact) mass is 251 g/mol. The van der Waals surface area contributed by atoms with Gasteiger partial charge in [-0.2, -0.15) is 0 Å². The lowest BCUT2D eigenvalue weighted by molar-refractivity contribution is 0.640. The van der Waals surface area contributed by atoms with Gasteiger partial charge in [0.05, 0.1) is 18.6 Å². The fourth-order valence-corrected chi connectivity index (χ4v) is 2.43. The van der Waals surface area contributed by atoms with Gasteiger partial charge in [0.1, 0.15) is 5.01 Å². The number of nitrogens with one attached hydrogen (secondary N) is 2. The molecule has 2 heterocycles. The highest BCUT2D eigenvalue weighted by Crippen LogP contribution is 2.18. The van der Waals surface area contributed by atoms with Gasteiger partial charge >= 0.3 is 0 Å². The van der Waals surface area contributed by atoms with Crippen LogP contribution in [0.15, 0.2) is 6.33 Å². The Labute approximate surface area is 105 Å². The molecular weight excluding hydrogens is 234 g/mol. The second-order valence-corrected chi connectivity index (χ2v) is 5.49. The molecule has 17 heavy (non-hydrogen) atoms. The predicted molar refractivity (Wildman–Crippen MR) is 69.1 cm³/mol. The summed E-state index contributed by atoms with van der Waals surface area (Å²) in [5.74, 6) is 0.615. The van der Waals surface area contributed by atoms with Gasteiger partial charge in [0.15, 0.2) is 0 Å². The number of rotatable bonds is 5. The van der Waals surface area contributed by atoms with Crippen molar-refractivity contribution in [3.05, 3.63) is 22.7 Å². The van der Waals surface area contributed by atoms with Gasteiger partial charge in [-0.15, -0.1) is 10.2 Å². The lowest BCUT2D eigenvalue weighted by atomic mass is 10.1. The van der Waals surface area contributed by atoms with Crippen molar-refractivity contribution in [2.45, 2.75) is 33.7 Å². The largest absolute Gasteiger partial charge is 0.354 e. The zero-order valence-electron chi connectivity index (χ0n) is 10.3. The first-order valence-corrected chi connectivity index (χ1v) is 6.52. The number of anilines is 1. The number of aryl methyl sites for hydroxylation is 1. The van der Waals surface area contributed by atoms with E-state index in [1.54, 1.807) is 17.7 Å². The maximum atomic E-state index is 4.22. The van der Waals surface area contributed by atoms with Crippen LogP contribution in [0.3, 0.4) is 0 Å². The molecule has 0 aliphatic rings. The first-order valence-electron chi connectivity index (χ1n) is 5.70. The first kappa shape index (κ1) is 12.0. The van der Waals surface area contributed by atoms with Gasteiger partial charge in [0.25, 0.3) is 0 Å². The zero-order valence-corrected chi connectivity index (χ0v) is 11.1. The van der Waals surface area contributed by atoms with Crippen molar-refractivity contribution >= 4 is 16.5 Å². The molecule has 2 rings (SSSR count). The molecule has 2 N–H and O–H groups in total. The molecule has 0 atom stereocenters. The maximum absolute atomic E-state index is 4.22. The Morgan fingerprint density at radius 1 is 1.41 bits per heavy atom. The van der Waals surface area contributed by atoms with Gasteiger partial charge < -0.3 is 10.3 Å². The molecule has 0 spiro atoms. The molecule has 0 fully saturated rings. The average Bonchev–Trinajstić information content (AvgIpc) is 2.84. The number of hydrogen-bond donors (Lipinski definition) is 2. The smallest absolute Gasteiger partial charge is 0.205 e. The van der Waals surface area contributed by atoms with Crippen molar-refractivity contribution in [1.82, 2.24) is 20.2 Å². The normalized spacial score (nSPS) is 11.1. The molecule has 6 heteroatoms. The van der Waals surface area contributed by atoms with Gasteiger partial charge in [-0.3, -0.25) is 0 Å². The van der Waals surface area contributed by atoms with Crippen molar-refractivity contribution in [1.29, 1.82) is 0 Å². The van der Waals surface area contributed by atoms with Crippen molar-refractivity contribution in [3.63, 3.8) is 0 Å². The van der Waals surface area contributed by atoms with Crippen LogP contribution in [0, 0.1) is 12.8 Å². The summed E-state index contributed by atoms with van der Waals surface area (Å²) in [6.45, 7) is 7.06. The van der Waals surface area contributed by atoms with Crippen LogP contribution >= 0.6 is 11.3 Å². The topological polar surface area (TPSA) is 66.5 Å². The van der Waals surface area contributed by atoms with E-state index in [0.29, 0.717) is 12.5 Å². The second-order valence-electron chi connectivity index (χ2n) is 4.43. The summed E-state index contributed by atoms with van der Waals surface area (Å²) in [5, 5.41) is 13.5. The predicted octanol–water partition coefficient (Wildman–Crippen LogP) is 2.38. The van der Waals surface area contributed by atoms with Gasteiger partial charge in [0.2, 0.25) is 5.13 Å². The number of H-pyrrole nitrogens is 1. The van der Waals surface area contributed by atoms with E-state index < -0.39 is 0 Å². The molecule has 0 saturated carbocycles. The minimum Gasteiger partial charge on any atom is -0.354 e. The van der Waals surface area contributed by atoms with Gasteiger partial charge in [-0.25, -0.2) is 4.98 Å². The lowest BCUT2D eigenvalue weighted by Crippen LogP contribution is -2.00. The highest BCUT2D eigenvalue weighted by molar-refractivity contribution is 7.15. The van der Waals surface area contributed by atoms with Crippen LogP contribution in [-0.4, -0.2) is 20.2 Å². The molecule has 0 radical (unpaired) electrons. The average molecular weight is 251 g/mol. The zero-order chi connectivity index (χ0) is 12.3. The minimum absolute atomic E-state index is 0.615. The fraction of sp³-hybridized carbons (Fsp3) is 0.545. The van der Waals surface area contributed by atoms with Crippen molar-refractivity contribution in [3.8, 4) is 0 Å². The number of hydrogen-bond acceptors (Lipinski definition) is 5. The Kier molecular flexibility index (Phi) is 3.73. The molecule has 0 aliphatic carbocycles. The third-order valence-corrected chi connectivity index (χ3v) is 3.29. The fourth-order valence-electron chi connectivity index (χ4n) is 1.48. The van der Waals surface area contributed by atoms with Crippen LogP contribution < -0.4 is 5.32 Å².